The Morgan fingerprint density at radius 3 is 2.41 bits per heavy atom. The quantitative estimate of drug-likeness (QED) is 0.266. The number of rotatable bonds is 8. The fourth-order valence-electron chi connectivity index (χ4n) is 3.84. The van der Waals surface area contributed by atoms with Crippen LogP contribution in [-0.4, -0.2) is 35.5 Å². The summed E-state index contributed by atoms with van der Waals surface area (Å²) in [4.78, 5) is 50.4. The van der Waals surface area contributed by atoms with Gasteiger partial charge in [-0.15, -0.1) is 0 Å². The highest BCUT2D eigenvalue weighted by Crippen LogP contribution is 2.38. The first-order valence-corrected chi connectivity index (χ1v) is 12.4. The number of halogens is 2. The number of anilines is 1. The van der Waals surface area contributed by atoms with Crippen LogP contribution in [0.2, 0.25) is 10.0 Å². The van der Waals surface area contributed by atoms with Crippen molar-refractivity contribution in [2.45, 2.75) is 20.5 Å². The van der Waals surface area contributed by atoms with E-state index in [4.69, 9.17) is 37.8 Å². The minimum absolute atomic E-state index is 0.0804. The van der Waals surface area contributed by atoms with Crippen molar-refractivity contribution in [2.24, 2.45) is 0 Å². The van der Waals surface area contributed by atoms with Crippen LogP contribution in [0.15, 0.2) is 60.2 Å². The first-order valence-electron chi connectivity index (χ1n) is 11.7. The minimum Gasteiger partial charge on any atom is -0.490 e. The molecule has 0 aromatic heterocycles. The zero-order chi connectivity index (χ0) is 28.3. The first kappa shape index (κ1) is 27.7. The molecular formula is C28H22Cl2N2O7. The summed E-state index contributed by atoms with van der Waals surface area (Å²) in [6.45, 7) is 3.83. The van der Waals surface area contributed by atoms with Crippen molar-refractivity contribution in [3.05, 3.63) is 92.5 Å². The first-order chi connectivity index (χ1) is 18.6. The molecule has 11 heteroatoms. The van der Waals surface area contributed by atoms with Gasteiger partial charge >= 0.3 is 12.0 Å². The maximum Gasteiger partial charge on any atom is 0.335 e. The number of carbonyl (C=O) groups is 4. The van der Waals surface area contributed by atoms with Crippen molar-refractivity contribution in [3.63, 3.8) is 0 Å². The Labute approximate surface area is 233 Å². The molecule has 0 aliphatic carbocycles. The maximum atomic E-state index is 13.3. The molecule has 0 unspecified atom stereocenters. The molecule has 3 aromatic rings. The van der Waals surface area contributed by atoms with Crippen molar-refractivity contribution < 1.29 is 33.8 Å². The van der Waals surface area contributed by atoms with Gasteiger partial charge in [0, 0.05) is 5.02 Å². The highest BCUT2D eigenvalue weighted by molar-refractivity contribution is 6.40. The molecule has 1 fully saturated rings. The van der Waals surface area contributed by atoms with Gasteiger partial charge in [-0.05, 0) is 73.0 Å². The summed E-state index contributed by atoms with van der Waals surface area (Å²) in [5.74, 6) is -2.22. The molecule has 3 aromatic carbocycles. The van der Waals surface area contributed by atoms with Gasteiger partial charge in [-0.2, -0.15) is 0 Å². The Hall–Kier alpha value is -4.34. The van der Waals surface area contributed by atoms with Gasteiger partial charge in [0.15, 0.2) is 11.5 Å². The molecule has 0 radical (unpaired) electrons. The number of aromatic carboxylic acids is 1. The maximum absolute atomic E-state index is 13.3. The molecule has 39 heavy (non-hydrogen) atoms. The van der Waals surface area contributed by atoms with Crippen LogP contribution in [0.3, 0.4) is 0 Å². The summed E-state index contributed by atoms with van der Waals surface area (Å²) < 4.78 is 11.6. The zero-order valence-electron chi connectivity index (χ0n) is 20.8. The number of benzene rings is 3. The Bertz CT molecular complexity index is 1520. The number of nitrogens with zero attached hydrogens (tertiary/aromatic N) is 1. The van der Waals surface area contributed by atoms with Gasteiger partial charge in [0.2, 0.25) is 0 Å². The Kier molecular flexibility index (Phi) is 8.23. The van der Waals surface area contributed by atoms with E-state index in [9.17, 15) is 19.2 Å². The molecule has 200 valence electrons. The van der Waals surface area contributed by atoms with Crippen LogP contribution in [0.4, 0.5) is 10.5 Å². The topological polar surface area (TPSA) is 122 Å². The van der Waals surface area contributed by atoms with Gasteiger partial charge < -0.3 is 14.6 Å². The van der Waals surface area contributed by atoms with Crippen molar-refractivity contribution in [1.29, 1.82) is 0 Å². The predicted molar refractivity (Wildman–Crippen MR) is 146 cm³/mol. The third-order valence-corrected chi connectivity index (χ3v) is 6.26. The van der Waals surface area contributed by atoms with Crippen LogP contribution in [0.1, 0.15) is 34.0 Å². The van der Waals surface area contributed by atoms with E-state index in [1.54, 1.807) is 44.2 Å². The summed E-state index contributed by atoms with van der Waals surface area (Å²) >= 11 is 12.6. The van der Waals surface area contributed by atoms with Crippen LogP contribution >= 0.6 is 23.2 Å². The number of amides is 4. The molecule has 0 atom stereocenters. The number of aryl methyl sites for hydroxylation is 1. The average Bonchev–Trinajstić information content (AvgIpc) is 2.88. The lowest BCUT2D eigenvalue weighted by molar-refractivity contribution is -0.122. The minimum atomic E-state index is -1.03. The second-order valence-electron chi connectivity index (χ2n) is 8.44. The smallest absolute Gasteiger partial charge is 0.335 e. The van der Waals surface area contributed by atoms with Gasteiger partial charge in [-0.3, -0.25) is 14.9 Å². The van der Waals surface area contributed by atoms with E-state index in [2.05, 4.69) is 5.32 Å². The van der Waals surface area contributed by atoms with Crippen LogP contribution < -0.4 is 19.7 Å². The summed E-state index contributed by atoms with van der Waals surface area (Å²) in [5.41, 5.74) is 1.78. The molecule has 0 bridgehead atoms. The largest absolute Gasteiger partial charge is 0.490 e. The highest BCUT2D eigenvalue weighted by Gasteiger charge is 2.37. The molecule has 2 N–H and O–H groups in total. The fraction of sp³-hybridized carbons (Fsp3) is 0.143. The average molecular weight is 569 g/mol. The van der Waals surface area contributed by atoms with E-state index < -0.39 is 23.8 Å². The number of hydrogen-bond acceptors (Lipinski definition) is 6. The lowest BCUT2D eigenvalue weighted by Crippen LogP contribution is -2.54. The molecule has 1 aliphatic rings. The summed E-state index contributed by atoms with van der Waals surface area (Å²) in [6, 6.07) is 13.1. The van der Waals surface area contributed by atoms with Gasteiger partial charge in [0.1, 0.15) is 12.2 Å². The number of ether oxygens (including phenoxy) is 2. The number of barbiturate groups is 1. The number of urea groups is 1. The van der Waals surface area contributed by atoms with Crippen LogP contribution in [0.5, 0.6) is 11.5 Å². The van der Waals surface area contributed by atoms with Crippen molar-refractivity contribution >= 4 is 58.8 Å². The molecule has 1 saturated heterocycles. The third kappa shape index (κ3) is 6.05. The van der Waals surface area contributed by atoms with Gasteiger partial charge in [-0.25, -0.2) is 14.5 Å². The highest BCUT2D eigenvalue weighted by atomic mass is 35.5. The monoisotopic (exact) mass is 568 g/mol. The third-order valence-electron chi connectivity index (χ3n) is 5.74. The number of carboxylic acids is 1. The number of hydrogen-bond donors (Lipinski definition) is 2. The number of imide groups is 2. The molecule has 4 rings (SSSR count). The van der Waals surface area contributed by atoms with Crippen molar-refractivity contribution in [3.8, 4) is 11.5 Å². The standard InChI is InChI=1S/C28H22Cl2N2O7/c1-3-38-23-12-17(11-21(30)24(23)39-14-16-5-7-18(8-6-16)27(35)36)10-20-25(33)31-28(37)32(26(20)34)22-13-19(29)9-4-15(22)2/h4-13H,3,14H2,1-2H3,(H,35,36)(H,31,33,37)/b20-10+. The molecular weight excluding hydrogens is 547 g/mol. The predicted octanol–water partition coefficient (Wildman–Crippen LogP) is 5.64. The number of carboxylic acid groups (broad SMARTS) is 1. The number of carbonyl (C=O) groups excluding carboxylic acids is 3. The Morgan fingerprint density at radius 2 is 1.74 bits per heavy atom. The van der Waals surface area contributed by atoms with E-state index >= 15 is 0 Å². The van der Waals surface area contributed by atoms with Crippen LogP contribution in [0, 0.1) is 6.92 Å². The van der Waals surface area contributed by atoms with Gasteiger partial charge in [0.25, 0.3) is 11.8 Å². The molecule has 1 heterocycles. The van der Waals surface area contributed by atoms with Gasteiger partial charge in [-0.1, -0.05) is 41.4 Å². The molecule has 0 spiro atoms. The summed E-state index contributed by atoms with van der Waals surface area (Å²) in [5, 5.41) is 11.7. The second kappa shape index (κ2) is 11.6. The Morgan fingerprint density at radius 1 is 1.03 bits per heavy atom. The van der Waals surface area contributed by atoms with Crippen LogP contribution in [0.25, 0.3) is 6.08 Å². The Balaban J connectivity index is 1.65. The molecule has 0 saturated carbocycles. The number of nitrogens with one attached hydrogen (secondary N) is 1. The molecule has 4 amide bonds. The summed E-state index contributed by atoms with van der Waals surface area (Å²) in [7, 11) is 0. The molecule has 1 aliphatic heterocycles. The van der Waals surface area contributed by atoms with Crippen molar-refractivity contribution in [1.82, 2.24) is 5.32 Å². The normalized spacial score (nSPS) is 14.4. The van der Waals surface area contributed by atoms with Crippen molar-refractivity contribution in [2.75, 3.05) is 11.5 Å². The van der Waals surface area contributed by atoms with Gasteiger partial charge in [0.05, 0.1) is 22.9 Å². The molecule has 9 nitrogen and oxygen atoms in total. The summed E-state index contributed by atoms with van der Waals surface area (Å²) in [6.07, 6.45) is 1.31. The van der Waals surface area contributed by atoms with E-state index in [-0.39, 0.29) is 46.6 Å². The van der Waals surface area contributed by atoms with Crippen LogP contribution in [-0.2, 0) is 16.2 Å². The van der Waals surface area contributed by atoms with E-state index in [1.807, 2.05) is 0 Å². The van der Waals surface area contributed by atoms with E-state index in [0.717, 1.165) is 4.90 Å². The fourth-order valence-corrected chi connectivity index (χ4v) is 4.28. The van der Waals surface area contributed by atoms with E-state index in [1.165, 1.54) is 30.3 Å². The second-order valence-corrected chi connectivity index (χ2v) is 9.29. The SMILES string of the molecule is CCOc1cc(/C=C2\C(=O)NC(=O)N(c3cc(Cl)ccc3C)C2=O)cc(Cl)c1OCc1ccc(C(=O)O)cc1. The zero-order valence-corrected chi connectivity index (χ0v) is 22.3. The lowest BCUT2D eigenvalue weighted by Gasteiger charge is -2.27. The lowest BCUT2D eigenvalue weighted by atomic mass is 10.1. The van der Waals surface area contributed by atoms with E-state index in [0.29, 0.717) is 21.7 Å².